The first-order chi connectivity index (χ1) is 9.12. The average molecular weight is 283 g/mol. The van der Waals surface area contributed by atoms with Crippen LogP contribution < -0.4 is 9.47 Å². The second-order valence-corrected chi connectivity index (χ2v) is 5.95. The molecule has 0 spiro atoms. The normalized spacial score (nSPS) is 21.4. The highest BCUT2D eigenvalue weighted by Gasteiger charge is 2.43. The van der Waals surface area contributed by atoms with Crippen LogP contribution in [-0.2, 0) is 5.60 Å². The van der Waals surface area contributed by atoms with Gasteiger partial charge in [0.1, 0.15) is 0 Å². The van der Waals surface area contributed by atoms with Gasteiger partial charge in [0.05, 0.1) is 23.8 Å². The molecule has 0 bridgehead atoms. The molecule has 0 amide bonds. The van der Waals surface area contributed by atoms with Crippen LogP contribution in [0.4, 0.5) is 0 Å². The largest absolute Gasteiger partial charge is 0.493 e. The fourth-order valence-electron chi connectivity index (χ4n) is 2.68. The van der Waals surface area contributed by atoms with Crippen LogP contribution in [0.25, 0.3) is 0 Å². The minimum atomic E-state index is -0.706. The van der Waals surface area contributed by atoms with Gasteiger partial charge >= 0.3 is 0 Å². The van der Waals surface area contributed by atoms with Gasteiger partial charge in [0.15, 0.2) is 11.5 Å². The maximum Gasteiger partial charge on any atom is 0.180 e. The summed E-state index contributed by atoms with van der Waals surface area (Å²) < 4.78 is 11.4. The molecular weight excluding hydrogens is 264 g/mol. The SMILES string of the molecule is COc1cc(C2(O)CC2)cc(Cl)c1OC1CCCC1. The van der Waals surface area contributed by atoms with Gasteiger partial charge in [-0.25, -0.2) is 0 Å². The second kappa shape index (κ2) is 4.88. The Hall–Kier alpha value is -0.930. The molecule has 1 N–H and O–H groups in total. The van der Waals surface area contributed by atoms with Crippen molar-refractivity contribution in [2.75, 3.05) is 7.11 Å². The van der Waals surface area contributed by atoms with Crippen molar-refractivity contribution in [2.45, 2.75) is 50.2 Å². The Morgan fingerprint density at radius 2 is 1.95 bits per heavy atom. The van der Waals surface area contributed by atoms with Gasteiger partial charge in [-0.1, -0.05) is 11.6 Å². The molecule has 3 rings (SSSR count). The van der Waals surface area contributed by atoms with Crippen molar-refractivity contribution >= 4 is 11.6 Å². The van der Waals surface area contributed by atoms with Gasteiger partial charge in [-0.3, -0.25) is 0 Å². The molecule has 0 saturated heterocycles. The topological polar surface area (TPSA) is 38.7 Å². The summed E-state index contributed by atoms with van der Waals surface area (Å²) in [5, 5.41) is 10.7. The molecule has 3 nitrogen and oxygen atoms in total. The Labute approximate surface area is 118 Å². The third kappa shape index (κ3) is 2.54. The van der Waals surface area contributed by atoms with E-state index in [4.69, 9.17) is 21.1 Å². The number of ether oxygens (including phenoxy) is 2. The van der Waals surface area contributed by atoms with E-state index < -0.39 is 5.60 Å². The second-order valence-electron chi connectivity index (χ2n) is 5.55. The fourth-order valence-corrected chi connectivity index (χ4v) is 2.94. The predicted molar refractivity (Wildman–Crippen MR) is 74.0 cm³/mol. The van der Waals surface area contributed by atoms with E-state index in [1.807, 2.05) is 6.07 Å². The van der Waals surface area contributed by atoms with E-state index in [9.17, 15) is 5.11 Å². The van der Waals surface area contributed by atoms with Gasteiger partial charge in [0.2, 0.25) is 0 Å². The summed E-state index contributed by atoms with van der Waals surface area (Å²) in [6.45, 7) is 0. The maximum atomic E-state index is 10.2. The van der Waals surface area contributed by atoms with E-state index in [-0.39, 0.29) is 6.10 Å². The summed E-state index contributed by atoms with van der Waals surface area (Å²) in [4.78, 5) is 0. The summed E-state index contributed by atoms with van der Waals surface area (Å²) in [6.07, 6.45) is 6.38. The minimum Gasteiger partial charge on any atom is -0.493 e. The lowest BCUT2D eigenvalue weighted by Gasteiger charge is -2.19. The number of hydrogen-bond acceptors (Lipinski definition) is 3. The molecule has 2 aliphatic rings. The molecule has 104 valence electrons. The van der Waals surface area contributed by atoms with Crippen molar-refractivity contribution < 1.29 is 14.6 Å². The number of rotatable bonds is 4. The third-order valence-electron chi connectivity index (χ3n) is 4.08. The van der Waals surface area contributed by atoms with Gasteiger partial charge in [-0.05, 0) is 56.2 Å². The Balaban J connectivity index is 1.89. The Bertz CT molecular complexity index is 477. The van der Waals surface area contributed by atoms with Gasteiger partial charge in [0.25, 0.3) is 0 Å². The standard InChI is InChI=1S/C15H19ClO3/c1-18-13-9-10(15(17)6-7-15)8-12(16)14(13)19-11-4-2-3-5-11/h8-9,11,17H,2-7H2,1H3. The molecule has 0 atom stereocenters. The van der Waals surface area contributed by atoms with Crippen LogP contribution in [0.5, 0.6) is 11.5 Å². The smallest absolute Gasteiger partial charge is 0.180 e. The summed E-state index contributed by atoms with van der Waals surface area (Å²) >= 11 is 6.31. The number of halogens is 1. The lowest BCUT2D eigenvalue weighted by molar-refractivity contribution is 0.150. The van der Waals surface area contributed by atoms with Crippen molar-refractivity contribution in [3.8, 4) is 11.5 Å². The van der Waals surface area contributed by atoms with Crippen LogP contribution in [0, 0.1) is 0 Å². The molecule has 2 aliphatic carbocycles. The lowest BCUT2D eigenvalue weighted by atomic mass is 10.1. The molecule has 0 heterocycles. The molecule has 0 aliphatic heterocycles. The van der Waals surface area contributed by atoms with Crippen LogP contribution in [0.15, 0.2) is 12.1 Å². The van der Waals surface area contributed by atoms with Crippen molar-refractivity contribution in [3.63, 3.8) is 0 Å². The van der Waals surface area contributed by atoms with Crippen LogP contribution in [0.3, 0.4) is 0 Å². The molecule has 0 aromatic heterocycles. The summed E-state index contributed by atoms with van der Waals surface area (Å²) in [5.41, 5.74) is 0.121. The molecule has 2 saturated carbocycles. The molecule has 0 unspecified atom stereocenters. The van der Waals surface area contributed by atoms with Crippen LogP contribution >= 0.6 is 11.6 Å². The van der Waals surface area contributed by atoms with Gasteiger partial charge in [-0.2, -0.15) is 0 Å². The quantitative estimate of drug-likeness (QED) is 0.916. The number of methoxy groups -OCH3 is 1. The number of aliphatic hydroxyl groups is 1. The van der Waals surface area contributed by atoms with Crippen molar-refractivity contribution in [3.05, 3.63) is 22.7 Å². The highest BCUT2D eigenvalue weighted by molar-refractivity contribution is 6.32. The first kappa shape index (κ1) is 13.1. The zero-order chi connectivity index (χ0) is 13.5. The Morgan fingerprint density at radius 3 is 2.53 bits per heavy atom. The first-order valence-electron chi connectivity index (χ1n) is 6.89. The fraction of sp³-hybridized carbons (Fsp3) is 0.600. The zero-order valence-electron chi connectivity index (χ0n) is 11.1. The molecular formula is C15H19ClO3. The molecule has 4 heteroatoms. The first-order valence-corrected chi connectivity index (χ1v) is 7.27. The van der Waals surface area contributed by atoms with Crippen LogP contribution in [0.1, 0.15) is 44.1 Å². The molecule has 1 aromatic carbocycles. The average Bonchev–Trinajstić information content (AvgIpc) is 2.95. The van der Waals surface area contributed by atoms with Crippen molar-refractivity contribution in [1.29, 1.82) is 0 Å². The van der Waals surface area contributed by atoms with Crippen molar-refractivity contribution in [2.24, 2.45) is 0 Å². The molecule has 19 heavy (non-hydrogen) atoms. The number of benzene rings is 1. The molecule has 1 aromatic rings. The zero-order valence-corrected chi connectivity index (χ0v) is 11.9. The Kier molecular flexibility index (Phi) is 3.35. The van der Waals surface area contributed by atoms with Crippen LogP contribution in [-0.4, -0.2) is 18.3 Å². The minimum absolute atomic E-state index is 0.237. The predicted octanol–water partition coefficient (Wildman–Crippen LogP) is 3.65. The van der Waals surface area contributed by atoms with E-state index >= 15 is 0 Å². The van der Waals surface area contributed by atoms with E-state index in [1.54, 1.807) is 13.2 Å². The molecule has 2 fully saturated rings. The number of hydrogen-bond donors (Lipinski definition) is 1. The summed E-state index contributed by atoms with van der Waals surface area (Å²) in [6, 6.07) is 3.66. The van der Waals surface area contributed by atoms with E-state index in [0.29, 0.717) is 16.5 Å². The van der Waals surface area contributed by atoms with E-state index in [2.05, 4.69) is 0 Å². The van der Waals surface area contributed by atoms with E-state index in [1.165, 1.54) is 12.8 Å². The highest BCUT2D eigenvalue weighted by atomic mass is 35.5. The summed E-state index contributed by atoms with van der Waals surface area (Å²) in [7, 11) is 1.61. The van der Waals surface area contributed by atoms with Crippen LogP contribution in [0.2, 0.25) is 5.02 Å². The van der Waals surface area contributed by atoms with Gasteiger partial charge in [0, 0.05) is 0 Å². The van der Waals surface area contributed by atoms with Gasteiger partial charge in [-0.15, -0.1) is 0 Å². The maximum absolute atomic E-state index is 10.2. The third-order valence-corrected chi connectivity index (χ3v) is 4.36. The Morgan fingerprint density at radius 1 is 1.26 bits per heavy atom. The van der Waals surface area contributed by atoms with Gasteiger partial charge < -0.3 is 14.6 Å². The van der Waals surface area contributed by atoms with Crippen molar-refractivity contribution in [1.82, 2.24) is 0 Å². The lowest BCUT2D eigenvalue weighted by Crippen LogP contribution is -2.13. The monoisotopic (exact) mass is 282 g/mol. The molecule has 0 radical (unpaired) electrons. The van der Waals surface area contributed by atoms with E-state index in [0.717, 1.165) is 31.2 Å². The highest BCUT2D eigenvalue weighted by Crippen LogP contribution is 2.49. The summed E-state index contributed by atoms with van der Waals surface area (Å²) in [5.74, 6) is 1.23.